The summed E-state index contributed by atoms with van der Waals surface area (Å²) in [6.45, 7) is 0.353. The van der Waals surface area contributed by atoms with Crippen molar-refractivity contribution < 1.29 is 19.4 Å². The van der Waals surface area contributed by atoms with Crippen LogP contribution in [0.25, 0.3) is 16.8 Å². The Bertz CT molecular complexity index is 1560. The topological polar surface area (TPSA) is 79.2 Å². The number of benzene rings is 4. The lowest BCUT2D eigenvalue weighted by Crippen LogP contribution is -2.23. The summed E-state index contributed by atoms with van der Waals surface area (Å²) in [4.78, 5) is 30.8. The van der Waals surface area contributed by atoms with Crippen molar-refractivity contribution in [2.24, 2.45) is 4.99 Å². The average Bonchev–Trinajstić information content (AvgIpc) is 3.17. The third-order valence-corrected chi connectivity index (χ3v) is 7.17. The second kappa shape index (κ2) is 10.5. The number of likely N-dealkylation sites (N-methyl/N-ethyl adjacent to an activating group) is 1. The minimum Gasteiger partial charge on any atom is -0.488 e. The molecule has 8 heteroatoms. The molecule has 1 heterocycles. The van der Waals surface area contributed by atoms with Crippen LogP contribution in [0.4, 0.5) is 5.69 Å². The number of rotatable bonds is 6. The standard InChI is InChI=1S/C29H21ClN2O4S/c1-32-27(33)26(37-29(32)31-22-13-8-20(9-14-22)28(34)35)16-24-23-5-3-2-4-19(23)10-15-25(24)36-17-18-6-11-21(30)12-7-18/h2-16H,17H2,1H3,(H,34,35)/b26-16+,31-29?. The number of ether oxygens (including phenoxy) is 1. The van der Waals surface area contributed by atoms with Crippen LogP contribution in [0.15, 0.2) is 94.8 Å². The molecule has 37 heavy (non-hydrogen) atoms. The molecule has 0 atom stereocenters. The molecule has 1 aliphatic heterocycles. The molecule has 1 fully saturated rings. The van der Waals surface area contributed by atoms with E-state index in [2.05, 4.69) is 4.99 Å². The number of aromatic carboxylic acids is 1. The maximum absolute atomic E-state index is 13.1. The summed E-state index contributed by atoms with van der Waals surface area (Å²) in [7, 11) is 1.67. The van der Waals surface area contributed by atoms with Gasteiger partial charge in [-0.1, -0.05) is 54.1 Å². The van der Waals surface area contributed by atoms with Crippen molar-refractivity contribution in [1.82, 2.24) is 4.90 Å². The molecule has 0 bridgehead atoms. The van der Waals surface area contributed by atoms with Crippen LogP contribution in [-0.2, 0) is 11.4 Å². The first kappa shape index (κ1) is 24.6. The maximum Gasteiger partial charge on any atom is 0.335 e. The van der Waals surface area contributed by atoms with Gasteiger partial charge in [0.25, 0.3) is 5.91 Å². The van der Waals surface area contributed by atoms with E-state index in [-0.39, 0.29) is 11.5 Å². The molecule has 1 aliphatic rings. The van der Waals surface area contributed by atoms with Gasteiger partial charge in [-0.25, -0.2) is 9.79 Å². The third-order valence-electron chi connectivity index (χ3n) is 5.86. The lowest BCUT2D eigenvalue weighted by molar-refractivity contribution is -0.121. The largest absolute Gasteiger partial charge is 0.488 e. The number of nitrogens with zero attached hydrogens (tertiary/aromatic N) is 2. The molecular formula is C29H21ClN2O4S. The van der Waals surface area contributed by atoms with Crippen molar-refractivity contribution in [3.63, 3.8) is 0 Å². The molecule has 4 aromatic carbocycles. The summed E-state index contributed by atoms with van der Waals surface area (Å²) < 4.78 is 6.20. The third kappa shape index (κ3) is 5.38. The van der Waals surface area contributed by atoms with Gasteiger partial charge in [0.05, 0.1) is 16.2 Å². The Hall–Kier alpha value is -4.07. The lowest BCUT2D eigenvalue weighted by Gasteiger charge is -2.13. The van der Waals surface area contributed by atoms with E-state index in [1.165, 1.54) is 28.8 Å². The number of hydrogen-bond donors (Lipinski definition) is 1. The number of carboxylic acid groups (broad SMARTS) is 1. The number of hydrogen-bond acceptors (Lipinski definition) is 5. The molecule has 0 aliphatic carbocycles. The van der Waals surface area contributed by atoms with Crippen molar-refractivity contribution in [2.45, 2.75) is 6.61 Å². The highest BCUT2D eigenvalue weighted by atomic mass is 35.5. The first-order valence-electron chi connectivity index (χ1n) is 11.4. The van der Waals surface area contributed by atoms with Crippen LogP contribution in [-0.4, -0.2) is 34.1 Å². The Kier molecular flexibility index (Phi) is 6.99. The van der Waals surface area contributed by atoms with Crippen LogP contribution in [0.1, 0.15) is 21.5 Å². The monoisotopic (exact) mass is 528 g/mol. The molecule has 0 aromatic heterocycles. The Morgan fingerprint density at radius 1 is 1.03 bits per heavy atom. The molecule has 0 spiro atoms. The summed E-state index contributed by atoms with van der Waals surface area (Å²) in [5.74, 6) is -0.523. The number of fused-ring (bicyclic) bond motifs is 1. The summed E-state index contributed by atoms with van der Waals surface area (Å²) in [5.41, 5.74) is 2.52. The summed E-state index contributed by atoms with van der Waals surface area (Å²) in [6, 6.07) is 25.5. The van der Waals surface area contributed by atoms with Gasteiger partial charge in [-0.2, -0.15) is 0 Å². The van der Waals surface area contributed by atoms with Gasteiger partial charge < -0.3 is 9.84 Å². The number of thioether (sulfide) groups is 1. The minimum absolute atomic E-state index is 0.176. The SMILES string of the molecule is CN1C(=O)/C(=C\c2c(OCc3ccc(Cl)cc3)ccc3ccccc23)SC1=Nc1ccc(C(=O)O)cc1. The highest BCUT2D eigenvalue weighted by molar-refractivity contribution is 8.18. The number of aliphatic imine (C=N–C) groups is 1. The lowest BCUT2D eigenvalue weighted by atomic mass is 10.0. The normalized spacial score (nSPS) is 15.6. The first-order valence-corrected chi connectivity index (χ1v) is 12.6. The Morgan fingerprint density at radius 2 is 1.76 bits per heavy atom. The number of halogens is 1. The van der Waals surface area contributed by atoms with E-state index in [1.54, 1.807) is 19.2 Å². The molecule has 1 saturated heterocycles. The van der Waals surface area contributed by atoms with Crippen LogP contribution in [0.5, 0.6) is 5.75 Å². The van der Waals surface area contributed by atoms with Crippen LogP contribution in [0.2, 0.25) is 5.02 Å². The zero-order chi connectivity index (χ0) is 25.9. The molecule has 5 rings (SSSR count). The fourth-order valence-corrected chi connectivity index (χ4v) is 4.96. The van der Waals surface area contributed by atoms with E-state index < -0.39 is 5.97 Å². The van der Waals surface area contributed by atoms with Gasteiger partial charge in [0.15, 0.2) is 5.17 Å². The van der Waals surface area contributed by atoms with Crippen LogP contribution in [0, 0.1) is 0 Å². The van der Waals surface area contributed by atoms with E-state index in [4.69, 9.17) is 21.4 Å². The molecule has 0 saturated carbocycles. The van der Waals surface area contributed by atoms with E-state index >= 15 is 0 Å². The number of carbonyl (C=O) groups is 2. The van der Waals surface area contributed by atoms with Crippen LogP contribution < -0.4 is 4.74 Å². The Balaban J connectivity index is 1.48. The average molecular weight is 529 g/mol. The second-order valence-electron chi connectivity index (χ2n) is 8.33. The van der Waals surface area contributed by atoms with E-state index in [0.717, 1.165) is 21.9 Å². The Labute approximate surface area is 222 Å². The molecule has 0 radical (unpaired) electrons. The van der Waals surface area contributed by atoms with Gasteiger partial charge in [-0.15, -0.1) is 0 Å². The van der Waals surface area contributed by atoms with Gasteiger partial charge in [-0.05, 0) is 76.6 Å². The fraction of sp³-hybridized carbons (Fsp3) is 0.0690. The van der Waals surface area contributed by atoms with Crippen molar-refractivity contribution >= 4 is 62.9 Å². The van der Waals surface area contributed by atoms with Gasteiger partial charge in [-0.3, -0.25) is 9.69 Å². The minimum atomic E-state index is -1.00. The summed E-state index contributed by atoms with van der Waals surface area (Å²) in [5, 5.41) is 12.3. The number of carboxylic acids is 1. The second-order valence-corrected chi connectivity index (χ2v) is 9.78. The van der Waals surface area contributed by atoms with E-state index in [0.29, 0.717) is 33.1 Å². The fourth-order valence-electron chi connectivity index (χ4n) is 3.86. The van der Waals surface area contributed by atoms with Gasteiger partial charge in [0.2, 0.25) is 0 Å². The van der Waals surface area contributed by atoms with Crippen molar-refractivity contribution in [3.8, 4) is 5.75 Å². The van der Waals surface area contributed by atoms with Crippen molar-refractivity contribution in [1.29, 1.82) is 0 Å². The zero-order valence-electron chi connectivity index (χ0n) is 19.7. The predicted molar refractivity (Wildman–Crippen MR) is 149 cm³/mol. The quantitative estimate of drug-likeness (QED) is 0.272. The van der Waals surface area contributed by atoms with Crippen LogP contribution >= 0.6 is 23.4 Å². The highest BCUT2D eigenvalue weighted by Crippen LogP contribution is 2.37. The first-order chi connectivity index (χ1) is 17.9. The summed E-state index contributed by atoms with van der Waals surface area (Å²) in [6.07, 6.45) is 1.85. The Morgan fingerprint density at radius 3 is 2.49 bits per heavy atom. The van der Waals surface area contributed by atoms with Gasteiger partial charge in [0, 0.05) is 17.6 Å². The highest BCUT2D eigenvalue weighted by Gasteiger charge is 2.31. The molecule has 1 N–H and O–H groups in total. The van der Waals surface area contributed by atoms with Gasteiger partial charge >= 0.3 is 5.97 Å². The maximum atomic E-state index is 13.1. The van der Waals surface area contributed by atoms with E-state index in [9.17, 15) is 9.59 Å². The van der Waals surface area contributed by atoms with Crippen molar-refractivity contribution in [3.05, 3.63) is 112 Å². The molecule has 0 unspecified atom stereocenters. The van der Waals surface area contributed by atoms with Crippen LogP contribution in [0.3, 0.4) is 0 Å². The molecule has 184 valence electrons. The van der Waals surface area contributed by atoms with Gasteiger partial charge in [0.1, 0.15) is 12.4 Å². The molecule has 4 aromatic rings. The number of amides is 1. The van der Waals surface area contributed by atoms with Crippen molar-refractivity contribution in [2.75, 3.05) is 7.05 Å². The predicted octanol–water partition coefficient (Wildman–Crippen LogP) is 7.00. The molecular weight excluding hydrogens is 508 g/mol. The zero-order valence-corrected chi connectivity index (χ0v) is 21.3. The molecule has 1 amide bonds. The summed E-state index contributed by atoms with van der Waals surface area (Å²) >= 11 is 7.26. The van der Waals surface area contributed by atoms with E-state index in [1.807, 2.05) is 66.7 Å². The molecule has 6 nitrogen and oxygen atoms in total. The number of carbonyl (C=O) groups excluding carboxylic acids is 1. The number of amidine groups is 1. The smallest absolute Gasteiger partial charge is 0.335 e.